The molecule has 7 atom stereocenters. The van der Waals surface area contributed by atoms with Crippen LogP contribution < -0.4 is 0 Å². The van der Waals surface area contributed by atoms with Crippen molar-refractivity contribution in [2.75, 3.05) is 18.6 Å². The first-order valence-corrected chi connectivity index (χ1v) is 14.6. The smallest absolute Gasteiger partial charge is 0.178 e. The van der Waals surface area contributed by atoms with Crippen molar-refractivity contribution in [2.24, 2.45) is 33.8 Å². The second-order valence-corrected chi connectivity index (χ2v) is 13.0. The molecule has 0 N–H and O–H groups in total. The van der Waals surface area contributed by atoms with Gasteiger partial charge < -0.3 is 4.42 Å². The number of hydrogen-bond donors (Lipinski definition) is 0. The number of thioether (sulfide) groups is 1. The fourth-order valence-electron chi connectivity index (χ4n) is 8.32. The lowest BCUT2D eigenvalue weighted by atomic mass is 9.45. The Bertz CT molecular complexity index is 1120. The highest BCUT2D eigenvalue weighted by Gasteiger charge is 2.70. The standard InChI is InChI=1S/C29H38N2O5S/c1-5-37-18-25(33)29(36-31(4)16-19-10-13-35-17-19)12-9-23-22-7-6-20-14-21(32)8-11-27(20,2)26(22)24(30-34)15-28(23,29)3/h8,10-11,13-14,17,22-24,26H,5-7,9,12,15-16,18H2,1-4H3/t22?,23-,24?,26?,27?,28?,29-/m0/s1. The van der Waals surface area contributed by atoms with Gasteiger partial charge in [0, 0.05) is 29.4 Å². The normalized spacial score (nSPS) is 38.6. The molecule has 1 heterocycles. The van der Waals surface area contributed by atoms with E-state index in [1.165, 1.54) is 0 Å². The van der Waals surface area contributed by atoms with Crippen LogP contribution in [0.25, 0.3) is 0 Å². The largest absolute Gasteiger partial charge is 0.472 e. The fourth-order valence-corrected chi connectivity index (χ4v) is 8.95. The highest BCUT2D eigenvalue weighted by atomic mass is 32.2. The van der Waals surface area contributed by atoms with Gasteiger partial charge in [-0.2, -0.15) is 21.7 Å². The number of hydrogen-bond acceptors (Lipinski definition) is 8. The maximum Gasteiger partial charge on any atom is 0.178 e. The summed E-state index contributed by atoms with van der Waals surface area (Å²) in [6.07, 6.45) is 12.5. The number of nitrogens with zero attached hydrogens (tertiary/aromatic N) is 2. The zero-order valence-corrected chi connectivity index (χ0v) is 23.1. The molecule has 8 heteroatoms. The van der Waals surface area contributed by atoms with Crippen LogP contribution in [0.2, 0.25) is 0 Å². The van der Waals surface area contributed by atoms with E-state index in [-0.39, 0.29) is 34.7 Å². The van der Waals surface area contributed by atoms with Gasteiger partial charge in [0.25, 0.3) is 0 Å². The summed E-state index contributed by atoms with van der Waals surface area (Å²) >= 11 is 1.62. The first-order valence-electron chi connectivity index (χ1n) is 13.5. The molecule has 0 bridgehead atoms. The molecule has 5 rings (SSSR count). The third-order valence-corrected chi connectivity index (χ3v) is 10.8. The Hall–Kier alpha value is -2.03. The van der Waals surface area contributed by atoms with E-state index in [0.29, 0.717) is 25.1 Å². The third kappa shape index (κ3) is 4.20. The Kier molecular flexibility index (Phi) is 7.13. The molecule has 3 saturated carbocycles. The number of rotatable bonds is 9. The molecule has 0 amide bonds. The fraction of sp³-hybridized carbons (Fsp3) is 0.655. The van der Waals surface area contributed by atoms with E-state index in [4.69, 9.17) is 9.25 Å². The molecule has 0 saturated heterocycles. The van der Waals surface area contributed by atoms with Gasteiger partial charge in [-0.3, -0.25) is 14.4 Å². The van der Waals surface area contributed by atoms with Crippen LogP contribution in [0.3, 0.4) is 0 Å². The summed E-state index contributed by atoms with van der Waals surface area (Å²) in [7, 11) is 1.87. The molecule has 200 valence electrons. The number of carbonyl (C=O) groups is 2. The number of Topliss-reactive ketones (excluding diaryl/α,β-unsaturated/α-hetero) is 1. The molecule has 3 fully saturated rings. The van der Waals surface area contributed by atoms with Gasteiger partial charge in [0.2, 0.25) is 0 Å². The summed E-state index contributed by atoms with van der Waals surface area (Å²) in [5, 5.41) is 5.49. The molecule has 37 heavy (non-hydrogen) atoms. The molecule has 4 aliphatic rings. The Labute approximate surface area is 223 Å². The van der Waals surface area contributed by atoms with E-state index in [2.05, 4.69) is 25.9 Å². The van der Waals surface area contributed by atoms with E-state index >= 15 is 0 Å². The van der Waals surface area contributed by atoms with Crippen molar-refractivity contribution < 1.29 is 18.8 Å². The molecule has 0 spiro atoms. The zero-order chi connectivity index (χ0) is 26.4. The second kappa shape index (κ2) is 9.93. The molecule has 0 radical (unpaired) electrons. The van der Waals surface area contributed by atoms with E-state index in [0.717, 1.165) is 36.2 Å². The minimum atomic E-state index is -1.01. The lowest BCUT2D eigenvalue weighted by Crippen LogP contribution is -2.63. The van der Waals surface area contributed by atoms with Crippen LogP contribution in [0.5, 0.6) is 0 Å². The van der Waals surface area contributed by atoms with E-state index in [9.17, 15) is 14.5 Å². The summed E-state index contributed by atoms with van der Waals surface area (Å²) in [5.41, 5.74) is 0.204. The molecule has 1 aromatic heterocycles. The number of ketones is 2. The summed E-state index contributed by atoms with van der Waals surface area (Å²) in [6, 6.07) is 1.44. The molecular formula is C29H38N2O5S. The molecule has 4 aliphatic carbocycles. The SMILES string of the molecule is CCSCC(=O)[C@@]1(ON(C)Cc2ccoc2)CC[C@H]2C3CCC4=CC(=O)C=CC4(C)C3C(N=O)CC21C. The highest BCUT2D eigenvalue weighted by Crippen LogP contribution is 2.68. The van der Waals surface area contributed by atoms with Crippen molar-refractivity contribution in [3.05, 3.63) is 52.9 Å². The average molecular weight is 527 g/mol. The third-order valence-electron chi connectivity index (χ3n) is 9.94. The van der Waals surface area contributed by atoms with Gasteiger partial charge in [-0.25, -0.2) is 0 Å². The molecule has 0 aromatic carbocycles. The summed E-state index contributed by atoms with van der Waals surface area (Å²) in [5.74, 6) is 1.87. The maximum atomic E-state index is 14.0. The number of furan rings is 1. The number of fused-ring (bicyclic) bond motifs is 5. The summed E-state index contributed by atoms with van der Waals surface area (Å²) in [6.45, 7) is 6.90. The van der Waals surface area contributed by atoms with Gasteiger partial charge in [0.1, 0.15) is 0 Å². The van der Waals surface area contributed by atoms with Gasteiger partial charge in [-0.1, -0.05) is 37.6 Å². The minimum absolute atomic E-state index is 0.0204. The first-order chi connectivity index (χ1) is 17.7. The Morgan fingerprint density at radius 2 is 2.14 bits per heavy atom. The van der Waals surface area contributed by atoms with Crippen LogP contribution in [0.15, 0.2) is 52.0 Å². The topological polar surface area (TPSA) is 89.2 Å². The Morgan fingerprint density at radius 3 is 2.84 bits per heavy atom. The van der Waals surface area contributed by atoms with Crippen LogP contribution in [0.1, 0.15) is 58.4 Å². The lowest BCUT2D eigenvalue weighted by molar-refractivity contribution is -0.271. The lowest BCUT2D eigenvalue weighted by Gasteiger charge is -2.59. The molecule has 1 aromatic rings. The monoisotopic (exact) mass is 526 g/mol. The van der Waals surface area contributed by atoms with Gasteiger partial charge >= 0.3 is 0 Å². The van der Waals surface area contributed by atoms with Crippen molar-refractivity contribution in [3.63, 3.8) is 0 Å². The van der Waals surface area contributed by atoms with Crippen molar-refractivity contribution in [2.45, 2.75) is 71.1 Å². The van der Waals surface area contributed by atoms with Crippen molar-refractivity contribution >= 4 is 23.3 Å². The van der Waals surface area contributed by atoms with Gasteiger partial charge in [0.15, 0.2) is 17.2 Å². The summed E-state index contributed by atoms with van der Waals surface area (Å²) < 4.78 is 5.23. The average Bonchev–Trinajstić information content (AvgIpc) is 3.48. The highest BCUT2D eigenvalue weighted by molar-refractivity contribution is 7.99. The summed E-state index contributed by atoms with van der Waals surface area (Å²) in [4.78, 5) is 45.4. The van der Waals surface area contributed by atoms with Crippen LogP contribution >= 0.6 is 11.8 Å². The van der Waals surface area contributed by atoms with Crippen molar-refractivity contribution in [3.8, 4) is 0 Å². The van der Waals surface area contributed by atoms with Gasteiger partial charge in [0.05, 0.1) is 30.9 Å². The maximum absolute atomic E-state index is 14.0. The van der Waals surface area contributed by atoms with Gasteiger partial charge in [-0.15, -0.1) is 0 Å². The predicted octanol–water partition coefficient (Wildman–Crippen LogP) is 5.76. The number of carbonyl (C=O) groups excluding carboxylic acids is 2. The predicted molar refractivity (Wildman–Crippen MR) is 144 cm³/mol. The Morgan fingerprint density at radius 1 is 1.32 bits per heavy atom. The van der Waals surface area contributed by atoms with E-state index in [1.54, 1.807) is 41.5 Å². The molecule has 0 aliphatic heterocycles. The van der Waals surface area contributed by atoms with E-state index in [1.807, 2.05) is 19.2 Å². The molecule has 7 nitrogen and oxygen atoms in total. The molecular weight excluding hydrogens is 488 g/mol. The van der Waals surface area contributed by atoms with Crippen LogP contribution in [-0.2, 0) is 21.0 Å². The van der Waals surface area contributed by atoms with Crippen LogP contribution in [0.4, 0.5) is 0 Å². The Balaban J connectivity index is 1.52. The van der Waals surface area contributed by atoms with Crippen molar-refractivity contribution in [1.82, 2.24) is 5.06 Å². The zero-order valence-electron chi connectivity index (χ0n) is 22.3. The number of hydroxylamine groups is 2. The van der Waals surface area contributed by atoms with Gasteiger partial charge in [-0.05, 0) is 67.9 Å². The second-order valence-electron chi connectivity index (χ2n) is 11.8. The number of nitroso groups, excluding NO2 is 1. The molecule has 5 unspecified atom stereocenters. The number of allylic oxidation sites excluding steroid dienone is 4. The van der Waals surface area contributed by atoms with Crippen LogP contribution in [0, 0.1) is 33.5 Å². The van der Waals surface area contributed by atoms with E-state index < -0.39 is 17.1 Å². The van der Waals surface area contributed by atoms with Crippen molar-refractivity contribution in [1.29, 1.82) is 0 Å². The first kappa shape index (κ1) is 26.6. The van der Waals surface area contributed by atoms with Crippen LogP contribution in [-0.4, -0.2) is 46.8 Å². The quantitative estimate of drug-likeness (QED) is 0.299. The minimum Gasteiger partial charge on any atom is -0.472 e.